The molecule has 3 aromatic carbocycles. The number of nitrogens with one attached hydrogen (secondary N) is 1. The maximum atomic E-state index is 13.6. The molecule has 0 aliphatic heterocycles. The van der Waals surface area contributed by atoms with Crippen LogP contribution >= 0.6 is 0 Å². The molecule has 0 aliphatic rings. The number of nitrogens with zero attached hydrogens (tertiary/aromatic N) is 2. The van der Waals surface area contributed by atoms with Crippen molar-refractivity contribution in [3.05, 3.63) is 94.9 Å². The molecule has 0 amide bonds. The number of ether oxygens (including phenoxy) is 1. The molecule has 5 rings (SSSR count). The van der Waals surface area contributed by atoms with Gasteiger partial charge < -0.3 is 14.5 Å². The number of furan rings is 1. The summed E-state index contributed by atoms with van der Waals surface area (Å²) in [5, 5.41) is 5.36. The van der Waals surface area contributed by atoms with Gasteiger partial charge in [-0.1, -0.05) is 67.9 Å². The Morgan fingerprint density at radius 1 is 1.03 bits per heavy atom. The quantitative estimate of drug-likeness (QED) is 0.190. The van der Waals surface area contributed by atoms with Crippen LogP contribution in [0, 0.1) is 0 Å². The number of hydrogen-bond acceptors (Lipinski definition) is 6. The van der Waals surface area contributed by atoms with E-state index in [1.54, 1.807) is 0 Å². The summed E-state index contributed by atoms with van der Waals surface area (Å²) < 4.78 is 12.7. The molecule has 7 nitrogen and oxygen atoms in total. The number of rotatable bonds is 9. The smallest absolute Gasteiger partial charge is 0.326 e. The Kier molecular flexibility index (Phi) is 7.03. The van der Waals surface area contributed by atoms with Crippen LogP contribution in [0.5, 0.6) is 0 Å². The number of carbonyl (C=O) groups is 1. The number of unbranched alkanes of at least 4 members (excludes halogenated alkanes) is 1. The van der Waals surface area contributed by atoms with E-state index >= 15 is 0 Å². The molecule has 0 spiro atoms. The zero-order chi connectivity index (χ0) is 25.8. The Hall–Kier alpha value is -4.39. The van der Waals surface area contributed by atoms with E-state index in [2.05, 4.69) is 16.4 Å². The average Bonchev–Trinajstić information content (AvgIpc) is 3.29. The van der Waals surface area contributed by atoms with Crippen molar-refractivity contribution in [2.75, 3.05) is 11.9 Å². The Balaban J connectivity index is 1.46. The monoisotopic (exact) mass is 495 g/mol. The van der Waals surface area contributed by atoms with E-state index in [1.165, 1.54) is 10.8 Å². The van der Waals surface area contributed by atoms with Gasteiger partial charge in [0.2, 0.25) is 0 Å². The summed E-state index contributed by atoms with van der Waals surface area (Å²) in [6.45, 7) is 4.13. The highest BCUT2D eigenvalue weighted by molar-refractivity contribution is 6.05. The maximum Gasteiger partial charge on any atom is 0.326 e. The van der Waals surface area contributed by atoms with E-state index in [4.69, 9.17) is 9.15 Å². The van der Waals surface area contributed by atoms with Gasteiger partial charge in [0.05, 0.1) is 12.8 Å². The van der Waals surface area contributed by atoms with Gasteiger partial charge in [0.25, 0.3) is 5.56 Å². The summed E-state index contributed by atoms with van der Waals surface area (Å²) in [4.78, 5) is 30.7. The third-order valence-corrected chi connectivity index (χ3v) is 6.40. The van der Waals surface area contributed by atoms with Crippen LogP contribution in [0.2, 0.25) is 0 Å². The van der Waals surface area contributed by atoms with E-state index in [0.29, 0.717) is 18.1 Å². The van der Waals surface area contributed by atoms with Gasteiger partial charge in [0.1, 0.15) is 29.2 Å². The normalized spacial score (nSPS) is 12.1. The van der Waals surface area contributed by atoms with E-state index in [9.17, 15) is 9.59 Å². The molecule has 0 fully saturated rings. The molecule has 2 heterocycles. The lowest BCUT2D eigenvalue weighted by Crippen LogP contribution is -2.30. The number of esters is 1. The Morgan fingerprint density at radius 2 is 1.78 bits per heavy atom. The third-order valence-electron chi connectivity index (χ3n) is 6.40. The standard InChI is InChI=1S/C30H29N3O4/c1-3-4-16-36-28(34)19-33-29(21-10-6-5-7-11-21)31-18-25(30(33)35)32-20(2)22-14-15-27-24(17-22)23-12-8-9-13-26(23)37-27/h5-15,17-18,20,32H,3-4,16,19H2,1-2H3/t20-/m0/s1. The number of anilines is 1. The summed E-state index contributed by atoms with van der Waals surface area (Å²) in [6, 6.07) is 23.1. The van der Waals surface area contributed by atoms with Gasteiger partial charge in [-0.05, 0) is 37.1 Å². The first-order valence-electron chi connectivity index (χ1n) is 12.5. The number of benzene rings is 3. The predicted octanol–water partition coefficient (Wildman–Crippen LogP) is 6.33. The van der Waals surface area contributed by atoms with Crippen LogP contribution in [-0.2, 0) is 16.1 Å². The van der Waals surface area contributed by atoms with E-state index in [0.717, 1.165) is 45.9 Å². The molecule has 0 saturated carbocycles. The Bertz CT molecular complexity index is 1600. The lowest BCUT2D eigenvalue weighted by atomic mass is 10.0. The molecule has 5 aromatic rings. The van der Waals surface area contributed by atoms with Crippen LogP contribution in [0.1, 0.15) is 38.3 Å². The molecule has 1 atom stereocenters. The van der Waals surface area contributed by atoms with Gasteiger partial charge in [-0.15, -0.1) is 0 Å². The van der Waals surface area contributed by atoms with Crippen LogP contribution < -0.4 is 10.9 Å². The minimum atomic E-state index is -0.461. The van der Waals surface area contributed by atoms with Gasteiger partial charge in [-0.2, -0.15) is 0 Å². The van der Waals surface area contributed by atoms with E-state index in [1.807, 2.05) is 80.6 Å². The third kappa shape index (κ3) is 5.11. The summed E-state index contributed by atoms with van der Waals surface area (Å²) in [6.07, 6.45) is 3.23. The van der Waals surface area contributed by atoms with Crippen LogP contribution in [0.15, 0.2) is 88.2 Å². The average molecular weight is 496 g/mol. The SMILES string of the molecule is CCCCOC(=O)Cn1c(-c2ccccc2)ncc(N[C@@H](C)c2ccc3oc4ccccc4c3c2)c1=O. The molecule has 0 aliphatic carbocycles. The van der Waals surface area contributed by atoms with Crippen molar-refractivity contribution >= 4 is 33.6 Å². The first-order valence-corrected chi connectivity index (χ1v) is 12.5. The Labute approximate surface area is 214 Å². The molecule has 2 aromatic heterocycles. The highest BCUT2D eigenvalue weighted by Crippen LogP contribution is 2.31. The number of fused-ring (bicyclic) bond motifs is 3. The molecular weight excluding hydrogens is 466 g/mol. The second-order valence-corrected chi connectivity index (χ2v) is 9.05. The summed E-state index contributed by atoms with van der Waals surface area (Å²) in [7, 11) is 0. The lowest BCUT2D eigenvalue weighted by molar-refractivity contribution is -0.144. The second-order valence-electron chi connectivity index (χ2n) is 9.05. The van der Waals surface area contributed by atoms with Crippen molar-refractivity contribution in [1.29, 1.82) is 0 Å². The molecule has 0 radical (unpaired) electrons. The highest BCUT2D eigenvalue weighted by Gasteiger charge is 2.18. The number of para-hydroxylation sites is 1. The van der Waals surface area contributed by atoms with Gasteiger partial charge in [-0.25, -0.2) is 4.98 Å². The maximum absolute atomic E-state index is 13.6. The minimum absolute atomic E-state index is 0.194. The zero-order valence-corrected chi connectivity index (χ0v) is 20.9. The van der Waals surface area contributed by atoms with Crippen molar-refractivity contribution in [2.24, 2.45) is 0 Å². The molecule has 0 unspecified atom stereocenters. The van der Waals surface area contributed by atoms with Crippen LogP contribution in [0.3, 0.4) is 0 Å². The van der Waals surface area contributed by atoms with Crippen LogP contribution in [-0.4, -0.2) is 22.1 Å². The number of hydrogen-bond donors (Lipinski definition) is 1. The zero-order valence-electron chi connectivity index (χ0n) is 20.9. The predicted molar refractivity (Wildman–Crippen MR) is 146 cm³/mol. The fourth-order valence-corrected chi connectivity index (χ4v) is 4.39. The van der Waals surface area contributed by atoms with Gasteiger partial charge in [0, 0.05) is 22.4 Å². The van der Waals surface area contributed by atoms with Gasteiger partial charge >= 0.3 is 5.97 Å². The van der Waals surface area contributed by atoms with Crippen molar-refractivity contribution in [3.63, 3.8) is 0 Å². The summed E-state index contributed by atoms with van der Waals surface area (Å²) >= 11 is 0. The fraction of sp³-hybridized carbons (Fsp3) is 0.233. The molecule has 7 heteroatoms. The topological polar surface area (TPSA) is 86.4 Å². The summed E-state index contributed by atoms with van der Waals surface area (Å²) in [5.74, 6) is -0.0421. The molecule has 37 heavy (non-hydrogen) atoms. The minimum Gasteiger partial charge on any atom is -0.464 e. The second kappa shape index (κ2) is 10.7. The molecule has 188 valence electrons. The van der Waals surface area contributed by atoms with Crippen LogP contribution in [0.25, 0.3) is 33.3 Å². The van der Waals surface area contributed by atoms with Crippen molar-refractivity contribution in [2.45, 2.75) is 39.3 Å². The van der Waals surface area contributed by atoms with Gasteiger partial charge in [-0.3, -0.25) is 14.2 Å². The molecule has 0 bridgehead atoms. The van der Waals surface area contributed by atoms with E-state index < -0.39 is 5.97 Å². The number of carbonyl (C=O) groups excluding carboxylic acids is 1. The largest absolute Gasteiger partial charge is 0.464 e. The molecule has 0 saturated heterocycles. The van der Waals surface area contributed by atoms with E-state index in [-0.39, 0.29) is 18.1 Å². The number of aromatic nitrogens is 2. The van der Waals surface area contributed by atoms with Crippen molar-refractivity contribution < 1.29 is 13.9 Å². The van der Waals surface area contributed by atoms with Crippen molar-refractivity contribution in [1.82, 2.24) is 9.55 Å². The van der Waals surface area contributed by atoms with Gasteiger partial charge in [0.15, 0.2) is 0 Å². The van der Waals surface area contributed by atoms with Crippen molar-refractivity contribution in [3.8, 4) is 11.4 Å². The molecular formula is C30H29N3O4. The van der Waals surface area contributed by atoms with Crippen LogP contribution in [0.4, 0.5) is 5.69 Å². The highest BCUT2D eigenvalue weighted by atomic mass is 16.5. The lowest BCUT2D eigenvalue weighted by Gasteiger charge is -2.18. The fourth-order valence-electron chi connectivity index (χ4n) is 4.39. The first kappa shape index (κ1) is 24.3. The molecule has 1 N–H and O–H groups in total. The Morgan fingerprint density at radius 3 is 2.59 bits per heavy atom. The summed E-state index contributed by atoms with van der Waals surface area (Å²) in [5.41, 5.74) is 3.38. The first-order chi connectivity index (χ1) is 18.0.